The molecule has 1 fully saturated rings. The van der Waals surface area contributed by atoms with Gasteiger partial charge in [-0.25, -0.2) is 9.59 Å². The molecule has 1 heterocycles. The Morgan fingerprint density at radius 1 is 1.21 bits per heavy atom. The summed E-state index contributed by atoms with van der Waals surface area (Å²) < 4.78 is 10.3. The SMILES string of the molecule is CC(C)OC(=O)C#CC(=O)[C@]1(C)CC[C@H](C)N1C(=O)OC(C)(C)C. The number of amides is 1. The van der Waals surface area contributed by atoms with E-state index in [-0.39, 0.29) is 12.1 Å². The van der Waals surface area contributed by atoms with Gasteiger partial charge in [0.25, 0.3) is 0 Å². The summed E-state index contributed by atoms with van der Waals surface area (Å²) in [6.07, 6.45) is 0.289. The van der Waals surface area contributed by atoms with E-state index in [2.05, 4.69) is 11.8 Å². The third-order valence-electron chi connectivity index (χ3n) is 3.72. The van der Waals surface area contributed by atoms with Gasteiger partial charge in [-0.1, -0.05) is 0 Å². The van der Waals surface area contributed by atoms with Crippen LogP contribution >= 0.6 is 0 Å². The number of hydrogen-bond acceptors (Lipinski definition) is 5. The van der Waals surface area contributed by atoms with Crippen LogP contribution in [0, 0.1) is 11.8 Å². The smallest absolute Gasteiger partial charge is 0.411 e. The zero-order chi connectivity index (χ0) is 18.7. The van der Waals surface area contributed by atoms with E-state index in [9.17, 15) is 14.4 Å². The van der Waals surface area contributed by atoms with E-state index in [1.165, 1.54) is 4.90 Å². The fraction of sp³-hybridized carbons (Fsp3) is 0.722. The summed E-state index contributed by atoms with van der Waals surface area (Å²) in [6.45, 7) is 12.2. The number of Topliss-reactive ketones (excluding diaryl/α,β-unsaturated/α-hetero) is 1. The van der Waals surface area contributed by atoms with Crippen molar-refractivity contribution in [2.75, 3.05) is 0 Å². The van der Waals surface area contributed by atoms with E-state index in [0.29, 0.717) is 12.8 Å². The van der Waals surface area contributed by atoms with Gasteiger partial charge in [0.05, 0.1) is 6.10 Å². The highest BCUT2D eigenvalue weighted by atomic mass is 16.6. The average molecular weight is 337 g/mol. The lowest BCUT2D eigenvalue weighted by Crippen LogP contribution is -2.54. The van der Waals surface area contributed by atoms with Gasteiger partial charge < -0.3 is 9.47 Å². The summed E-state index contributed by atoms with van der Waals surface area (Å²) in [6, 6.07) is -0.141. The van der Waals surface area contributed by atoms with E-state index in [0.717, 1.165) is 0 Å². The number of rotatable bonds is 2. The molecular weight excluding hydrogens is 310 g/mol. The van der Waals surface area contributed by atoms with Crippen molar-refractivity contribution in [3.05, 3.63) is 0 Å². The maximum absolute atomic E-state index is 12.6. The number of carbonyl (C=O) groups is 3. The monoisotopic (exact) mass is 337 g/mol. The summed E-state index contributed by atoms with van der Waals surface area (Å²) in [4.78, 5) is 38.0. The number of ether oxygens (including phenoxy) is 2. The second-order valence-corrected chi connectivity index (χ2v) is 7.55. The first-order valence-corrected chi connectivity index (χ1v) is 8.16. The Balaban J connectivity index is 2.98. The van der Waals surface area contributed by atoms with Crippen molar-refractivity contribution >= 4 is 17.8 Å². The zero-order valence-corrected chi connectivity index (χ0v) is 15.6. The van der Waals surface area contributed by atoms with E-state index < -0.39 is 29.0 Å². The van der Waals surface area contributed by atoms with Gasteiger partial charge in [-0.15, -0.1) is 0 Å². The molecule has 0 aromatic rings. The molecule has 0 saturated carbocycles. The molecule has 0 spiro atoms. The molecule has 0 bridgehead atoms. The minimum Gasteiger partial charge on any atom is -0.453 e. The number of carbonyl (C=O) groups excluding carboxylic acids is 3. The summed E-state index contributed by atoms with van der Waals surface area (Å²) >= 11 is 0. The maximum Gasteiger partial charge on any atom is 0.411 e. The van der Waals surface area contributed by atoms with Crippen LogP contribution in [0.1, 0.15) is 61.3 Å². The highest BCUT2D eigenvalue weighted by molar-refractivity contribution is 6.08. The molecule has 6 nitrogen and oxygen atoms in total. The Hall–Kier alpha value is -2.03. The predicted octanol–water partition coefficient (Wildman–Crippen LogP) is 2.69. The van der Waals surface area contributed by atoms with Crippen molar-refractivity contribution in [3.8, 4) is 11.8 Å². The van der Waals surface area contributed by atoms with Crippen LogP contribution in [0.4, 0.5) is 4.79 Å². The summed E-state index contributed by atoms with van der Waals surface area (Å²) in [5.41, 5.74) is -1.76. The maximum atomic E-state index is 12.6. The van der Waals surface area contributed by atoms with Crippen LogP contribution in [-0.4, -0.2) is 46.0 Å². The standard InChI is InChI=1S/C18H27NO5/c1-12(2)23-15(21)9-8-14(20)18(7)11-10-13(3)19(18)16(22)24-17(4,5)6/h12-13H,10-11H2,1-7H3/t13-,18-/m0/s1. The Morgan fingerprint density at radius 2 is 1.79 bits per heavy atom. The van der Waals surface area contributed by atoms with Gasteiger partial charge in [0.2, 0.25) is 5.78 Å². The van der Waals surface area contributed by atoms with E-state index in [1.807, 2.05) is 6.92 Å². The molecule has 1 aliphatic rings. The molecule has 134 valence electrons. The first-order valence-electron chi connectivity index (χ1n) is 8.16. The highest BCUT2D eigenvalue weighted by Gasteiger charge is 2.50. The van der Waals surface area contributed by atoms with Crippen LogP contribution in [-0.2, 0) is 19.1 Å². The number of ketones is 1. The topological polar surface area (TPSA) is 72.9 Å². The Morgan fingerprint density at radius 3 is 2.29 bits per heavy atom. The molecule has 2 atom stereocenters. The molecule has 1 amide bonds. The number of likely N-dealkylation sites (tertiary alicyclic amines) is 1. The third kappa shape index (κ3) is 4.98. The average Bonchev–Trinajstić information content (AvgIpc) is 2.70. The molecule has 1 saturated heterocycles. The number of esters is 1. The second kappa shape index (κ2) is 7.25. The van der Waals surface area contributed by atoms with Crippen LogP contribution in [0.3, 0.4) is 0 Å². The normalized spacial score (nSPS) is 23.5. The molecule has 0 unspecified atom stereocenters. The van der Waals surface area contributed by atoms with Crippen molar-refractivity contribution in [3.63, 3.8) is 0 Å². The lowest BCUT2D eigenvalue weighted by atomic mass is 9.93. The minimum absolute atomic E-state index is 0.141. The Kier molecular flexibility index (Phi) is 6.04. The molecule has 0 aliphatic carbocycles. The number of hydrogen-bond donors (Lipinski definition) is 0. The third-order valence-corrected chi connectivity index (χ3v) is 3.72. The van der Waals surface area contributed by atoms with Crippen LogP contribution in [0.15, 0.2) is 0 Å². The quantitative estimate of drug-likeness (QED) is 0.335. The van der Waals surface area contributed by atoms with E-state index in [4.69, 9.17) is 9.47 Å². The predicted molar refractivity (Wildman–Crippen MR) is 89.2 cm³/mol. The van der Waals surface area contributed by atoms with Gasteiger partial charge >= 0.3 is 12.1 Å². The zero-order valence-electron chi connectivity index (χ0n) is 15.6. The van der Waals surface area contributed by atoms with Gasteiger partial charge in [-0.3, -0.25) is 9.69 Å². The largest absolute Gasteiger partial charge is 0.453 e. The molecule has 1 aliphatic heterocycles. The van der Waals surface area contributed by atoms with Gasteiger partial charge in [0, 0.05) is 12.0 Å². The summed E-state index contributed by atoms with van der Waals surface area (Å²) in [7, 11) is 0. The van der Waals surface area contributed by atoms with Gasteiger partial charge in [-0.2, -0.15) is 0 Å². The lowest BCUT2D eigenvalue weighted by molar-refractivity contribution is -0.140. The number of nitrogens with zero attached hydrogens (tertiary/aromatic N) is 1. The summed E-state index contributed by atoms with van der Waals surface area (Å²) in [5, 5.41) is 0. The fourth-order valence-electron chi connectivity index (χ4n) is 2.63. The Bertz CT molecular complexity index is 578. The van der Waals surface area contributed by atoms with Crippen LogP contribution in [0.5, 0.6) is 0 Å². The molecule has 1 rings (SSSR count). The van der Waals surface area contributed by atoms with Crippen molar-refractivity contribution in [2.45, 2.75) is 84.6 Å². The van der Waals surface area contributed by atoms with E-state index in [1.54, 1.807) is 41.5 Å². The van der Waals surface area contributed by atoms with E-state index >= 15 is 0 Å². The van der Waals surface area contributed by atoms with Gasteiger partial charge in [0.15, 0.2) is 0 Å². The van der Waals surface area contributed by atoms with Crippen molar-refractivity contribution in [1.82, 2.24) is 4.90 Å². The van der Waals surface area contributed by atoms with Crippen molar-refractivity contribution in [2.24, 2.45) is 0 Å². The van der Waals surface area contributed by atoms with Crippen LogP contribution < -0.4 is 0 Å². The van der Waals surface area contributed by atoms with Crippen LogP contribution in [0.2, 0.25) is 0 Å². The molecule has 0 aromatic heterocycles. The van der Waals surface area contributed by atoms with Crippen molar-refractivity contribution < 1.29 is 23.9 Å². The summed E-state index contributed by atoms with van der Waals surface area (Å²) in [5.74, 6) is 3.28. The first-order chi connectivity index (χ1) is 10.9. The highest BCUT2D eigenvalue weighted by Crippen LogP contribution is 2.35. The second-order valence-electron chi connectivity index (χ2n) is 7.55. The minimum atomic E-state index is -1.10. The molecule has 0 radical (unpaired) electrons. The Labute approximate surface area is 143 Å². The molecule has 0 N–H and O–H groups in total. The molecule has 0 aromatic carbocycles. The first kappa shape index (κ1) is 20.0. The van der Waals surface area contributed by atoms with Gasteiger partial charge in [-0.05, 0) is 67.2 Å². The van der Waals surface area contributed by atoms with Gasteiger partial charge in [0.1, 0.15) is 11.1 Å². The van der Waals surface area contributed by atoms with Crippen LogP contribution in [0.25, 0.3) is 0 Å². The molecular formula is C18H27NO5. The molecule has 24 heavy (non-hydrogen) atoms. The van der Waals surface area contributed by atoms with Crippen molar-refractivity contribution in [1.29, 1.82) is 0 Å². The fourth-order valence-corrected chi connectivity index (χ4v) is 2.63. The molecule has 6 heteroatoms. The lowest BCUT2D eigenvalue weighted by Gasteiger charge is -2.36.